The topological polar surface area (TPSA) is 27.7 Å². The molecule has 0 atom stereocenters. The highest BCUT2D eigenvalue weighted by Crippen LogP contribution is 2.30. The number of hydrogen-bond acceptors (Lipinski definition) is 3. The Morgan fingerprint density at radius 1 is 0.633 bits per heavy atom. The van der Waals surface area contributed by atoms with Gasteiger partial charge >= 0.3 is 8.80 Å². The van der Waals surface area contributed by atoms with Gasteiger partial charge < -0.3 is 13.3 Å². The lowest BCUT2D eigenvalue weighted by molar-refractivity contribution is -0.0655. The van der Waals surface area contributed by atoms with Crippen LogP contribution in [0.15, 0.2) is 61.2 Å². The van der Waals surface area contributed by atoms with E-state index in [4.69, 9.17) is 13.3 Å². The molecule has 0 bridgehead atoms. The Labute approximate surface area is 184 Å². The summed E-state index contributed by atoms with van der Waals surface area (Å²) in [5, 5.41) is 0.942. The smallest absolute Gasteiger partial charge is 0.365 e. The summed E-state index contributed by atoms with van der Waals surface area (Å²) < 4.78 is 20.0. The lowest BCUT2D eigenvalue weighted by atomic mass is 10.00. The van der Waals surface area contributed by atoms with Gasteiger partial charge in [-0.1, -0.05) is 55.1 Å². The predicted molar refractivity (Wildman–Crippen MR) is 129 cm³/mol. The van der Waals surface area contributed by atoms with Crippen molar-refractivity contribution in [2.45, 2.75) is 79.1 Å². The molecule has 0 aliphatic heterocycles. The molecular formula is C26H38O3Si. The molecule has 0 saturated carbocycles. The van der Waals surface area contributed by atoms with Crippen LogP contribution in [0, 0.1) is 0 Å². The molecule has 0 aromatic heterocycles. The summed E-state index contributed by atoms with van der Waals surface area (Å²) in [5.41, 5.74) is 1.78. The standard InChI is InChI=1S/C26H38O3Si/c1-20(21-15-12-11-13-16-21)22-17-14-18-23(19-22)30(27-24(2,3)4,28-25(5,6)7)29-26(8,9)10/h11-19H,1H2,2-10H3. The average Bonchev–Trinajstić information content (AvgIpc) is 2.57. The highest BCUT2D eigenvalue weighted by atomic mass is 28.4. The van der Waals surface area contributed by atoms with E-state index >= 15 is 0 Å². The van der Waals surface area contributed by atoms with Gasteiger partial charge in [-0.15, -0.1) is 0 Å². The molecule has 3 nitrogen and oxygen atoms in total. The fraction of sp³-hybridized carbons (Fsp3) is 0.462. The van der Waals surface area contributed by atoms with Crippen LogP contribution < -0.4 is 5.19 Å². The Morgan fingerprint density at radius 2 is 1.07 bits per heavy atom. The molecule has 2 aromatic rings. The summed E-state index contributed by atoms with van der Waals surface area (Å²) in [5.74, 6) is 0. The van der Waals surface area contributed by atoms with Crippen LogP contribution in [0.4, 0.5) is 0 Å². The van der Waals surface area contributed by atoms with Gasteiger partial charge in [0.15, 0.2) is 0 Å². The zero-order chi connectivity index (χ0) is 22.8. The van der Waals surface area contributed by atoms with Crippen molar-refractivity contribution in [3.63, 3.8) is 0 Å². The first-order valence-corrected chi connectivity index (χ1v) is 12.3. The van der Waals surface area contributed by atoms with Gasteiger partial charge in [0.25, 0.3) is 0 Å². The summed E-state index contributed by atoms with van der Waals surface area (Å²) in [4.78, 5) is 0. The molecule has 0 spiro atoms. The second kappa shape index (κ2) is 8.79. The molecule has 0 heterocycles. The van der Waals surface area contributed by atoms with Crippen LogP contribution in [0.25, 0.3) is 5.57 Å². The predicted octanol–water partition coefficient (Wildman–Crippen LogP) is 6.34. The minimum atomic E-state index is -3.30. The van der Waals surface area contributed by atoms with Crippen LogP contribution in [0.1, 0.15) is 73.4 Å². The molecule has 0 amide bonds. The van der Waals surface area contributed by atoms with Gasteiger partial charge in [-0.25, -0.2) is 0 Å². The van der Waals surface area contributed by atoms with Crippen molar-refractivity contribution in [3.8, 4) is 0 Å². The van der Waals surface area contributed by atoms with E-state index in [2.05, 4.69) is 36.9 Å². The monoisotopic (exact) mass is 426 g/mol. The highest BCUT2D eigenvalue weighted by molar-refractivity contribution is 6.75. The number of rotatable bonds is 6. The van der Waals surface area contributed by atoms with E-state index in [9.17, 15) is 0 Å². The van der Waals surface area contributed by atoms with E-state index in [0.29, 0.717) is 0 Å². The lowest BCUT2D eigenvalue weighted by Crippen LogP contribution is -2.64. The molecule has 164 valence electrons. The average molecular weight is 427 g/mol. The highest BCUT2D eigenvalue weighted by Gasteiger charge is 2.52. The van der Waals surface area contributed by atoms with Crippen LogP contribution in [0.5, 0.6) is 0 Å². The van der Waals surface area contributed by atoms with Crippen molar-refractivity contribution in [1.29, 1.82) is 0 Å². The van der Waals surface area contributed by atoms with Crippen molar-refractivity contribution in [2.24, 2.45) is 0 Å². The van der Waals surface area contributed by atoms with E-state index in [1.165, 1.54) is 0 Å². The molecule has 0 fully saturated rings. The summed E-state index contributed by atoms with van der Waals surface area (Å²) >= 11 is 0. The van der Waals surface area contributed by atoms with Crippen LogP contribution >= 0.6 is 0 Å². The van der Waals surface area contributed by atoms with Crippen molar-refractivity contribution < 1.29 is 13.3 Å². The van der Waals surface area contributed by atoms with Crippen LogP contribution in [-0.4, -0.2) is 25.6 Å². The summed E-state index contributed by atoms with van der Waals surface area (Å²) in [6.45, 7) is 22.7. The Kier molecular flexibility index (Phi) is 7.20. The summed E-state index contributed by atoms with van der Waals surface area (Å²) in [6.07, 6.45) is 0. The maximum Gasteiger partial charge on any atom is 0.538 e. The van der Waals surface area contributed by atoms with E-state index in [1.807, 2.05) is 86.6 Å². The molecule has 0 saturated heterocycles. The Balaban J connectivity index is 2.63. The molecule has 30 heavy (non-hydrogen) atoms. The number of hydrogen-bond donors (Lipinski definition) is 0. The maximum atomic E-state index is 6.67. The molecule has 2 rings (SSSR count). The summed E-state index contributed by atoms with van der Waals surface area (Å²) in [6, 6.07) is 18.5. The first kappa shape index (κ1) is 24.5. The first-order valence-electron chi connectivity index (χ1n) is 10.6. The molecule has 0 N–H and O–H groups in total. The minimum Gasteiger partial charge on any atom is -0.365 e. The number of benzene rings is 2. The largest absolute Gasteiger partial charge is 0.538 e. The van der Waals surface area contributed by atoms with Gasteiger partial charge in [0.1, 0.15) is 0 Å². The van der Waals surface area contributed by atoms with Gasteiger partial charge in [-0.3, -0.25) is 0 Å². The van der Waals surface area contributed by atoms with Crippen molar-refractivity contribution in [1.82, 2.24) is 0 Å². The van der Waals surface area contributed by atoms with Crippen molar-refractivity contribution in [3.05, 3.63) is 72.3 Å². The molecule has 2 aromatic carbocycles. The quantitative estimate of drug-likeness (QED) is 0.505. The Morgan fingerprint density at radius 3 is 1.50 bits per heavy atom. The van der Waals surface area contributed by atoms with Gasteiger partial charge in [0.2, 0.25) is 0 Å². The van der Waals surface area contributed by atoms with Crippen molar-refractivity contribution in [2.75, 3.05) is 0 Å². The molecular weight excluding hydrogens is 388 g/mol. The third kappa shape index (κ3) is 7.20. The van der Waals surface area contributed by atoms with E-state index in [1.54, 1.807) is 0 Å². The van der Waals surface area contributed by atoms with Gasteiger partial charge in [0.05, 0.1) is 16.8 Å². The van der Waals surface area contributed by atoms with Crippen molar-refractivity contribution >= 4 is 19.6 Å². The molecule has 0 radical (unpaired) electrons. The zero-order valence-electron chi connectivity index (χ0n) is 20.1. The lowest BCUT2D eigenvalue weighted by Gasteiger charge is -2.43. The SMILES string of the molecule is C=C(c1ccccc1)c1cccc([Si](OC(C)(C)C)(OC(C)(C)C)OC(C)(C)C)c1. The summed E-state index contributed by atoms with van der Waals surface area (Å²) in [7, 11) is -3.30. The third-order valence-corrected chi connectivity index (χ3v) is 7.67. The molecule has 0 aliphatic rings. The van der Waals surface area contributed by atoms with Gasteiger partial charge in [-0.05, 0) is 85.1 Å². The van der Waals surface area contributed by atoms with Crippen LogP contribution in [0.3, 0.4) is 0 Å². The van der Waals surface area contributed by atoms with E-state index < -0.39 is 25.6 Å². The van der Waals surface area contributed by atoms with E-state index in [-0.39, 0.29) is 0 Å². The normalized spacial score (nSPS) is 13.4. The zero-order valence-corrected chi connectivity index (χ0v) is 21.1. The van der Waals surface area contributed by atoms with Crippen LogP contribution in [0.2, 0.25) is 0 Å². The molecule has 0 aliphatic carbocycles. The van der Waals surface area contributed by atoms with Gasteiger partial charge in [0, 0.05) is 5.19 Å². The second-order valence-corrected chi connectivity index (χ2v) is 12.9. The first-order chi connectivity index (χ1) is 13.6. The van der Waals surface area contributed by atoms with Gasteiger partial charge in [-0.2, -0.15) is 0 Å². The molecule has 4 heteroatoms. The minimum absolute atomic E-state index is 0.435. The fourth-order valence-electron chi connectivity index (χ4n) is 3.15. The molecule has 0 unspecified atom stereocenters. The van der Waals surface area contributed by atoms with Crippen LogP contribution in [-0.2, 0) is 13.3 Å². The Hall–Kier alpha value is -1.72. The third-order valence-electron chi connectivity index (χ3n) is 4.01. The maximum absolute atomic E-state index is 6.67. The second-order valence-electron chi connectivity index (χ2n) is 10.6. The Bertz CT molecular complexity index is 812. The fourth-order valence-corrected chi connectivity index (χ4v) is 6.68. The van der Waals surface area contributed by atoms with E-state index in [0.717, 1.165) is 21.9 Å².